The van der Waals surface area contributed by atoms with Crippen LogP contribution in [0, 0.1) is 6.92 Å². The fraction of sp³-hybridized carbons (Fsp3) is 0.0588. The molecular weight excluding hydrogens is 236 g/mol. The molecule has 0 N–H and O–H groups in total. The molecule has 1 heteroatoms. The zero-order chi connectivity index (χ0) is 12.1. The first kappa shape index (κ1) is 10.1. The van der Waals surface area contributed by atoms with Crippen molar-refractivity contribution in [2.75, 3.05) is 0 Å². The van der Waals surface area contributed by atoms with E-state index in [1.165, 1.54) is 36.5 Å². The molecule has 1 aromatic heterocycles. The van der Waals surface area contributed by atoms with Crippen molar-refractivity contribution in [3.8, 4) is 0 Å². The lowest BCUT2D eigenvalue weighted by atomic mass is 10.1. The van der Waals surface area contributed by atoms with E-state index in [0.717, 1.165) is 0 Å². The van der Waals surface area contributed by atoms with E-state index in [0.29, 0.717) is 0 Å². The van der Waals surface area contributed by atoms with Gasteiger partial charge in [0.1, 0.15) is 0 Å². The first-order chi connectivity index (χ1) is 8.81. The van der Waals surface area contributed by atoms with E-state index in [1.54, 1.807) is 0 Å². The maximum absolute atomic E-state index is 2.32. The highest BCUT2D eigenvalue weighted by molar-refractivity contribution is 7.25. The van der Waals surface area contributed by atoms with Crippen molar-refractivity contribution in [2.24, 2.45) is 0 Å². The fourth-order valence-corrected chi connectivity index (χ4v) is 3.69. The minimum atomic E-state index is 1.33. The Morgan fingerprint density at radius 3 is 2.28 bits per heavy atom. The summed E-state index contributed by atoms with van der Waals surface area (Å²) >= 11 is 1.89. The van der Waals surface area contributed by atoms with E-state index in [9.17, 15) is 0 Å². The predicted octanol–water partition coefficient (Wildman–Crippen LogP) is 5.52. The van der Waals surface area contributed by atoms with Crippen LogP contribution in [-0.2, 0) is 0 Å². The molecule has 18 heavy (non-hydrogen) atoms. The molecule has 0 atom stereocenters. The zero-order valence-electron chi connectivity index (χ0n) is 10.1. The van der Waals surface area contributed by atoms with E-state index < -0.39 is 0 Å². The SMILES string of the molecule is Cc1ccc2sc3cc4ccccc4cc3c2c1. The van der Waals surface area contributed by atoms with Gasteiger partial charge in [-0.3, -0.25) is 0 Å². The Labute approximate surface area is 109 Å². The third-order valence-corrected chi connectivity index (χ3v) is 4.63. The van der Waals surface area contributed by atoms with Crippen molar-refractivity contribution in [3.05, 3.63) is 60.2 Å². The summed E-state index contributed by atoms with van der Waals surface area (Å²) in [5.41, 5.74) is 1.33. The predicted molar refractivity (Wildman–Crippen MR) is 81.6 cm³/mol. The van der Waals surface area contributed by atoms with E-state index in [-0.39, 0.29) is 0 Å². The summed E-state index contributed by atoms with van der Waals surface area (Å²) < 4.78 is 2.76. The van der Waals surface area contributed by atoms with Gasteiger partial charge in [-0.25, -0.2) is 0 Å². The van der Waals surface area contributed by atoms with Gasteiger partial charge in [-0.15, -0.1) is 11.3 Å². The Morgan fingerprint density at radius 2 is 1.44 bits per heavy atom. The van der Waals surface area contributed by atoms with Crippen LogP contribution in [0.5, 0.6) is 0 Å². The standard InChI is InChI=1S/C17H12S/c1-11-6-7-16-14(8-11)15-9-12-4-2-3-5-13(12)10-17(15)18-16/h2-10H,1H3. The van der Waals surface area contributed by atoms with Crippen LogP contribution in [0.15, 0.2) is 54.6 Å². The molecule has 0 amide bonds. The lowest BCUT2D eigenvalue weighted by Gasteiger charge is -1.98. The molecular formula is C17H12S. The molecule has 0 bridgehead atoms. The molecule has 86 valence electrons. The highest BCUT2D eigenvalue weighted by Gasteiger charge is 2.06. The molecule has 0 nitrogen and oxygen atoms in total. The Bertz CT molecular complexity index is 884. The van der Waals surface area contributed by atoms with E-state index in [2.05, 4.69) is 61.5 Å². The van der Waals surface area contributed by atoms with Gasteiger partial charge in [-0.1, -0.05) is 35.9 Å². The Morgan fingerprint density at radius 1 is 0.722 bits per heavy atom. The summed E-state index contributed by atoms with van der Waals surface area (Å²) in [7, 11) is 0. The minimum absolute atomic E-state index is 1.33. The van der Waals surface area contributed by atoms with Crippen molar-refractivity contribution >= 4 is 42.3 Å². The Kier molecular flexibility index (Phi) is 2.00. The van der Waals surface area contributed by atoms with Crippen molar-refractivity contribution in [1.29, 1.82) is 0 Å². The molecule has 0 aliphatic carbocycles. The van der Waals surface area contributed by atoms with Gasteiger partial charge in [0, 0.05) is 20.2 Å². The lowest BCUT2D eigenvalue weighted by Crippen LogP contribution is -1.73. The Hall–Kier alpha value is -1.86. The number of thiophene rings is 1. The molecule has 1 heterocycles. The maximum atomic E-state index is 2.32. The molecule has 3 aromatic carbocycles. The van der Waals surface area contributed by atoms with E-state index in [4.69, 9.17) is 0 Å². The highest BCUT2D eigenvalue weighted by atomic mass is 32.1. The van der Waals surface area contributed by atoms with Crippen molar-refractivity contribution in [3.63, 3.8) is 0 Å². The quantitative estimate of drug-likeness (QED) is 0.384. The number of aryl methyl sites for hydroxylation is 1. The van der Waals surface area contributed by atoms with Crippen LogP contribution in [0.2, 0.25) is 0 Å². The lowest BCUT2D eigenvalue weighted by molar-refractivity contribution is 1.52. The van der Waals surface area contributed by atoms with Gasteiger partial charge in [0.2, 0.25) is 0 Å². The second-order valence-corrected chi connectivity index (χ2v) is 5.88. The third kappa shape index (κ3) is 1.37. The summed E-state index contributed by atoms with van der Waals surface area (Å²) in [5, 5.41) is 5.43. The number of rotatable bonds is 0. The van der Waals surface area contributed by atoms with Gasteiger partial charge in [0.25, 0.3) is 0 Å². The van der Waals surface area contributed by atoms with Gasteiger partial charge >= 0.3 is 0 Å². The Balaban J connectivity index is 2.25. The van der Waals surface area contributed by atoms with Crippen LogP contribution in [0.25, 0.3) is 30.9 Å². The van der Waals surface area contributed by atoms with Crippen LogP contribution in [0.3, 0.4) is 0 Å². The minimum Gasteiger partial charge on any atom is -0.135 e. The largest absolute Gasteiger partial charge is 0.135 e. The first-order valence-electron chi connectivity index (χ1n) is 6.13. The molecule has 0 saturated heterocycles. The van der Waals surface area contributed by atoms with Crippen LogP contribution in [0.4, 0.5) is 0 Å². The zero-order valence-corrected chi connectivity index (χ0v) is 10.9. The number of benzene rings is 3. The summed E-state index contributed by atoms with van der Waals surface area (Å²) in [4.78, 5) is 0. The van der Waals surface area contributed by atoms with Gasteiger partial charge in [-0.05, 0) is 42.0 Å². The molecule has 0 spiro atoms. The van der Waals surface area contributed by atoms with Crippen molar-refractivity contribution in [2.45, 2.75) is 6.92 Å². The van der Waals surface area contributed by atoms with E-state index >= 15 is 0 Å². The smallest absolute Gasteiger partial charge is 0.0361 e. The first-order valence-corrected chi connectivity index (χ1v) is 6.94. The summed E-state index contributed by atoms with van der Waals surface area (Å²) in [6.07, 6.45) is 0. The second-order valence-electron chi connectivity index (χ2n) is 4.80. The number of fused-ring (bicyclic) bond motifs is 4. The number of hydrogen-bond acceptors (Lipinski definition) is 1. The fourth-order valence-electron chi connectivity index (χ4n) is 2.58. The van der Waals surface area contributed by atoms with E-state index in [1.807, 2.05) is 11.3 Å². The average molecular weight is 248 g/mol. The van der Waals surface area contributed by atoms with Gasteiger partial charge in [0.05, 0.1) is 0 Å². The highest BCUT2D eigenvalue weighted by Crippen LogP contribution is 2.36. The maximum Gasteiger partial charge on any atom is 0.0361 e. The van der Waals surface area contributed by atoms with Gasteiger partial charge in [0.15, 0.2) is 0 Å². The van der Waals surface area contributed by atoms with Crippen LogP contribution >= 0.6 is 11.3 Å². The molecule has 0 radical (unpaired) electrons. The summed E-state index contributed by atoms with van der Waals surface area (Å²) in [6, 6.07) is 19.9. The van der Waals surface area contributed by atoms with Crippen molar-refractivity contribution in [1.82, 2.24) is 0 Å². The molecule has 0 aliphatic heterocycles. The molecule has 0 fully saturated rings. The molecule has 0 saturated carbocycles. The summed E-state index contributed by atoms with van der Waals surface area (Å²) in [6.45, 7) is 2.16. The van der Waals surface area contributed by atoms with Crippen LogP contribution < -0.4 is 0 Å². The van der Waals surface area contributed by atoms with Gasteiger partial charge in [-0.2, -0.15) is 0 Å². The number of hydrogen-bond donors (Lipinski definition) is 0. The monoisotopic (exact) mass is 248 g/mol. The van der Waals surface area contributed by atoms with Crippen LogP contribution in [0.1, 0.15) is 5.56 Å². The summed E-state index contributed by atoms with van der Waals surface area (Å²) in [5.74, 6) is 0. The van der Waals surface area contributed by atoms with Crippen molar-refractivity contribution < 1.29 is 0 Å². The molecule has 0 unspecified atom stereocenters. The average Bonchev–Trinajstić information content (AvgIpc) is 2.73. The third-order valence-electron chi connectivity index (χ3n) is 3.49. The van der Waals surface area contributed by atoms with Crippen LogP contribution in [-0.4, -0.2) is 0 Å². The normalized spacial score (nSPS) is 11.6. The second kappa shape index (κ2) is 3.56. The molecule has 0 aliphatic rings. The molecule has 4 rings (SSSR count). The van der Waals surface area contributed by atoms with Gasteiger partial charge < -0.3 is 0 Å². The molecule has 4 aromatic rings. The topological polar surface area (TPSA) is 0 Å².